The van der Waals surface area contributed by atoms with Gasteiger partial charge in [-0.15, -0.1) is 0 Å². The van der Waals surface area contributed by atoms with E-state index in [2.05, 4.69) is 18.8 Å². The number of aryl methyl sites for hydroxylation is 1. The summed E-state index contributed by atoms with van der Waals surface area (Å²) >= 11 is 0.902. The Balaban J connectivity index is 1.69. The highest BCUT2D eigenvalue weighted by Gasteiger charge is 2.29. The Morgan fingerprint density at radius 3 is 2.55 bits per heavy atom. The zero-order chi connectivity index (χ0) is 22.0. The van der Waals surface area contributed by atoms with Crippen LogP contribution in [0.5, 0.6) is 0 Å². The third kappa shape index (κ3) is 4.46. The number of hydrogen-bond donors (Lipinski definition) is 2. The number of benzene rings is 3. The minimum Gasteiger partial charge on any atom is -0.324 e. The van der Waals surface area contributed by atoms with Gasteiger partial charge in [-0.05, 0) is 42.3 Å². The fourth-order valence-corrected chi connectivity index (χ4v) is 4.97. The smallest absolute Gasteiger partial charge is 0.247 e. The molecule has 0 saturated carbocycles. The number of carbonyl (C=O) groups is 1. The summed E-state index contributed by atoms with van der Waals surface area (Å²) in [6.45, 7) is 1.61. The zero-order valence-electron chi connectivity index (χ0n) is 16.2. The van der Waals surface area contributed by atoms with Crippen LogP contribution in [0.15, 0.2) is 71.6 Å². The molecule has 1 heterocycles. The van der Waals surface area contributed by atoms with Gasteiger partial charge in [0.15, 0.2) is 0 Å². The summed E-state index contributed by atoms with van der Waals surface area (Å²) in [5.41, 5.74) is 1.76. The molecule has 158 valence electrons. The third-order valence-corrected chi connectivity index (χ3v) is 6.64. The Hall–Kier alpha value is -3.21. The highest BCUT2D eigenvalue weighted by molar-refractivity contribution is 7.89. The van der Waals surface area contributed by atoms with Crippen molar-refractivity contribution in [1.29, 1.82) is 0 Å². The molecule has 3 aromatic carbocycles. The lowest BCUT2D eigenvalue weighted by atomic mass is 10.1. The predicted octanol–water partition coefficient (Wildman–Crippen LogP) is 3.80. The van der Waals surface area contributed by atoms with Crippen molar-refractivity contribution in [2.75, 3.05) is 5.32 Å². The number of amides is 1. The van der Waals surface area contributed by atoms with Gasteiger partial charge in [0.05, 0.1) is 11.7 Å². The van der Waals surface area contributed by atoms with Crippen molar-refractivity contribution in [2.45, 2.75) is 17.9 Å². The van der Waals surface area contributed by atoms with Crippen molar-refractivity contribution < 1.29 is 17.6 Å². The summed E-state index contributed by atoms with van der Waals surface area (Å²) in [5.74, 6) is -1.13. The molecule has 0 aliphatic carbocycles. The number of anilines is 1. The molecule has 0 bridgehead atoms. The fourth-order valence-electron chi connectivity index (χ4n) is 3.02. The van der Waals surface area contributed by atoms with E-state index in [0.29, 0.717) is 16.6 Å². The molecule has 0 unspecified atom stereocenters. The molecule has 1 amide bonds. The number of nitrogens with zero attached hydrogens (tertiary/aromatic N) is 2. The second-order valence-electron chi connectivity index (χ2n) is 6.81. The van der Waals surface area contributed by atoms with Crippen LogP contribution in [-0.2, 0) is 14.8 Å². The predicted molar refractivity (Wildman–Crippen MR) is 117 cm³/mol. The van der Waals surface area contributed by atoms with Crippen molar-refractivity contribution in [3.8, 4) is 0 Å². The molecule has 0 radical (unpaired) electrons. The maximum atomic E-state index is 13.9. The molecule has 7 nitrogen and oxygen atoms in total. The molecule has 0 aliphatic heterocycles. The van der Waals surface area contributed by atoms with Gasteiger partial charge in [0.25, 0.3) is 0 Å². The number of carbonyl (C=O) groups excluding carboxylic acids is 1. The minimum absolute atomic E-state index is 0.0751. The summed E-state index contributed by atoms with van der Waals surface area (Å²) in [4.78, 5) is 13.0. The standard InChI is InChI=1S/C21H17FN4O3S2/c1-13-10-11-15(12-16(13)22)23-21(27)19(14-6-3-2-4-7-14)26-31(28,29)18-9-5-8-17-20(18)25-30-24-17/h2-12,19,26H,1H3,(H,23,27)/t19-/m1/s1. The van der Waals surface area contributed by atoms with Crippen molar-refractivity contribution in [1.82, 2.24) is 13.5 Å². The second kappa shape index (κ2) is 8.50. The molecule has 0 fully saturated rings. The van der Waals surface area contributed by atoms with Gasteiger partial charge in [0, 0.05) is 5.69 Å². The summed E-state index contributed by atoms with van der Waals surface area (Å²) in [6.07, 6.45) is 0. The molecule has 1 aromatic heterocycles. The van der Waals surface area contributed by atoms with E-state index in [0.717, 1.165) is 11.7 Å². The van der Waals surface area contributed by atoms with Gasteiger partial charge in [-0.1, -0.05) is 42.5 Å². The van der Waals surface area contributed by atoms with Crippen LogP contribution in [0.4, 0.5) is 10.1 Å². The first-order valence-electron chi connectivity index (χ1n) is 9.21. The van der Waals surface area contributed by atoms with Gasteiger partial charge in [-0.3, -0.25) is 4.79 Å². The van der Waals surface area contributed by atoms with Crippen LogP contribution in [-0.4, -0.2) is 23.1 Å². The zero-order valence-corrected chi connectivity index (χ0v) is 17.9. The normalized spacial score (nSPS) is 12.6. The second-order valence-corrected chi connectivity index (χ2v) is 9.02. The van der Waals surface area contributed by atoms with Gasteiger partial charge in [0.1, 0.15) is 27.8 Å². The Bertz CT molecular complexity index is 1360. The number of nitrogens with one attached hydrogen (secondary N) is 2. The first-order chi connectivity index (χ1) is 14.8. The van der Waals surface area contributed by atoms with E-state index in [1.807, 2.05) is 0 Å². The van der Waals surface area contributed by atoms with Gasteiger partial charge in [-0.25, -0.2) is 12.8 Å². The van der Waals surface area contributed by atoms with Crippen molar-refractivity contribution >= 4 is 44.4 Å². The Morgan fingerprint density at radius 2 is 1.81 bits per heavy atom. The number of fused-ring (bicyclic) bond motifs is 1. The lowest BCUT2D eigenvalue weighted by Crippen LogP contribution is -2.37. The highest BCUT2D eigenvalue weighted by atomic mass is 32.2. The van der Waals surface area contributed by atoms with Crippen molar-refractivity contribution in [3.63, 3.8) is 0 Å². The molecule has 1 atom stereocenters. The van der Waals surface area contributed by atoms with E-state index < -0.39 is 27.8 Å². The fraction of sp³-hybridized carbons (Fsp3) is 0.0952. The average molecular weight is 457 g/mol. The van der Waals surface area contributed by atoms with E-state index in [1.54, 1.807) is 55.5 Å². The first kappa shape index (κ1) is 21.0. The Kier molecular flexibility index (Phi) is 5.77. The van der Waals surface area contributed by atoms with Gasteiger partial charge < -0.3 is 5.32 Å². The maximum Gasteiger partial charge on any atom is 0.247 e. The van der Waals surface area contributed by atoms with Crippen LogP contribution in [0.25, 0.3) is 11.0 Å². The first-order valence-corrected chi connectivity index (χ1v) is 11.4. The summed E-state index contributed by atoms with van der Waals surface area (Å²) in [5, 5.41) is 2.58. The van der Waals surface area contributed by atoms with E-state index in [9.17, 15) is 17.6 Å². The van der Waals surface area contributed by atoms with E-state index in [1.165, 1.54) is 18.2 Å². The van der Waals surface area contributed by atoms with E-state index in [4.69, 9.17) is 0 Å². The number of sulfonamides is 1. The number of halogens is 1. The van der Waals surface area contributed by atoms with Crippen LogP contribution >= 0.6 is 11.7 Å². The van der Waals surface area contributed by atoms with Crippen LogP contribution in [0, 0.1) is 12.7 Å². The molecular formula is C21H17FN4O3S2. The summed E-state index contributed by atoms with van der Waals surface area (Å²) < 4.78 is 50.8. The number of hydrogen-bond acceptors (Lipinski definition) is 6. The Morgan fingerprint density at radius 1 is 1.03 bits per heavy atom. The van der Waals surface area contributed by atoms with Gasteiger partial charge in [-0.2, -0.15) is 13.5 Å². The molecule has 2 N–H and O–H groups in total. The molecule has 0 saturated heterocycles. The monoisotopic (exact) mass is 456 g/mol. The van der Waals surface area contributed by atoms with Crippen LogP contribution in [0.2, 0.25) is 0 Å². The molecule has 4 rings (SSSR count). The molecule has 0 aliphatic rings. The van der Waals surface area contributed by atoms with Crippen LogP contribution in [0.3, 0.4) is 0 Å². The molecule has 10 heteroatoms. The van der Waals surface area contributed by atoms with E-state index >= 15 is 0 Å². The SMILES string of the molecule is Cc1ccc(NC(=O)[C@H](NS(=O)(=O)c2cccc3nsnc23)c2ccccc2)cc1F. The highest BCUT2D eigenvalue weighted by Crippen LogP contribution is 2.25. The molecular weight excluding hydrogens is 439 g/mol. The third-order valence-electron chi connectivity index (χ3n) is 4.65. The lowest BCUT2D eigenvalue weighted by Gasteiger charge is -2.19. The van der Waals surface area contributed by atoms with Crippen LogP contribution < -0.4 is 10.0 Å². The van der Waals surface area contributed by atoms with Crippen molar-refractivity contribution in [3.05, 3.63) is 83.7 Å². The van der Waals surface area contributed by atoms with E-state index in [-0.39, 0.29) is 16.1 Å². The molecule has 0 spiro atoms. The number of rotatable bonds is 6. The lowest BCUT2D eigenvalue weighted by molar-refractivity contribution is -0.117. The van der Waals surface area contributed by atoms with Gasteiger partial charge in [0.2, 0.25) is 15.9 Å². The van der Waals surface area contributed by atoms with Crippen molar-refractivity contribution in [2.24, 2.45) is 0 Å². The quantitative estimate of drug-likeness (QED) is 0.460. The maximum absolute atomic E-state index is 13.9. The van der Waals surface area contributed by atoms with Crippen LogP contribution in [0.1, 0.15) is 17.2 Å². The largest absolute Gasteiger partial charge is 0.324 e. The summed E-state index contributed by atoms with van der Waals surface area (Å²) in [6, 6.07) is 16.0. The number of aromatic nitrogens is 2. The minimum atomic E-state index is -4.14. The summed E-state index contributed by atoms with van der Waals surface area (Å²) in [7, 11) is -4.14. The van der Waals surface area contributed by atoms with Gasteiger partial charge >= 0.3 is 0 Å². The molecule has 31 heavy (non-hydrogen) atoms. The topological polar surface area (TPSA) is 101 Å². The Labute approximate surface area is 182 Å². The molecule has 4 aromatic rings. The average Bonchev–Trinajstić information content (AvgIpc) is 3.24.